The molecule has 3 aromatic rings. The van der Waals surface area contributed by atoms with Gasteiger partial charge in [-0.15, -0.1) is 0 Å². The van der Waals surface area contributed by atoms with E-state index in [9.17, 15) is 9.59 Å². The van der Waals surface area contributed by atoms with Crippen molar-refractivity contribution in [1.82, 2.24) is 10.3 Å². The molecule has 34 heavy (non-hydrogen) atoms. The van der Waals surface area contributed by atoms with Crippen molar-refractivity contribution >= 4 is 40.2 Å². The Balaban J connectivity index is 1.59. The first-order valence-electron chi connectivity index (χ1n) is 10.7. The molecule has 0 atom stereocenters. The lowest BCUT2D eigenvalue weighted by Gasteiger charge is -2.14. The van der Waals surface area contributed by atoms with E-state index in [1.165, 1.54) is 7.11 Å². The first kappa shape index (κ1) is 23.6. The second-order valence-corrected chi connectivity index (χ2v) is 8.03. The standard InChI is InChI=1S/C24H24ClN3O6/c1-31-9-10-33-22-13-20-16(12-17(22)23(29)32-2)21(7-8-26-20)34-15-5-6-19(18(25)11-15)28-24(30)27-14-3-4-14/h5-8,11-14H,3-4,9-10H2,1-2H3,(H2,27,28,30). The number of carbonyl (C=O) groups excluding carboxylic acids is 2. The van der Waals surface area contributed by atoms with Gasteiger partial charge in [-0.2, -0.15) is 0 Å². The van der Waals surface area contributed by atoms with Gasteiger partial charge in [0.15, 0.2) is 0 Å². The summed E-state index contributed by atoms with van der Waals surface area (Å²) in [5.74, 6) is 0.698. The van der Waals surface area contributed by atoms with Gasteiger partial charge in [0.1, 0.15) is 29.4 Å². The lowest BCUT2D eigenvalue weighted by Crippen LogP contribution is -2.30. The summed E-state index contributed by atoms with van der Waals surface area (Å²) in [4.78, 5) is 28.7. The van der Waals surface area contributed by atoms with Gasteiger partial charge < -0.3 is 29.6 Å². The van der Waals surface area contributed by atoms with Gasteiger partial charge in [0, 0.05) is 36.9 Å². The molecule has 9 nitrogen and oxygen atoms in total. The number of benzene rings is 2. The molecule has 4 rings (SSSR count). The summed E-state index contributed by atoms with van der Waals surface area (Å²) in [7, 11) is 2.86. The van der Waals surface area contributed by atoms with Gasteiger partial charge >= 0.3 is 12.0 Å². The molecule has 1 fully saturated rings. The Morgan fingerprint density at radius 3 is 2.62 bits per heavy atom. The lowest BCUT2D eigenvalue weighted by atomic mass is 10.1. The normalized spacial score (nSPS) is 12.8. The average Bonchev–Trinajstić information content (AvgIpc) is 3.64. The Labute approximate surface area is 201 Å². The number of esters is 1. The number of aromatic nitrogens is 1. The van der Waals surface area contributed by atoms with Gasteiger partial charge in [-0.3, -0.25) is 4.98 Å². The van der Waals surface area contributed by atoms with E-state index in [0.29, 0.717) is 45.5 Å². The second kappa shape index (κ2) is 10.6. The van der Waals surface area contributed by atoms with Crippen LogP contribution in [0, 0.1) is 0 Å². The Morgan fingerprint density at radius 2 is 1.91 bits per heavy atom. The second-order valence-electron chi connectivity index (χ2n) is 7.62. The predicted octanol–water partition coefficient (Wildman–Crippen LogP) is 4.78. The summed E-state index contributed by atoms with van der Waals surface area (Å²) >= 11 is 6.35. The van der Waals surface area contributed by atoms with Gasteiger partial charge in [0.25, 0.3) is 0 Å². The third-order valence-electron chi connectivity index (χ3n) is 5.08. The fraction of sp³-hybridized carbons (Fsp3) is 0.292. The maximum atomic E-state index is 12.4. The van der Waals surface area contributed by atoms with E-state index in [1.54, 1.807) is 49.7 Å². The number of anilines is 1. The van der Waals surface area contributed by atoms with Crippen LogP contribution in [-0.2, 0) is 9.47 Å². The predicted molar refractivity (Wildman–Crippen MR) is 127 cm³/mol. The number of carbonyl (C=O) groups is 2. The summed E-state index contributed by atoms with van der Waals surface area (Å²) in [5.41, 5.74) is 1.28. The van der Waals surface area contributed by atoms with Crippen LogP contribution in [0.4, 0.5) is 10.5 Å². The number of rotatable bonds is 9. The monoisotopic (exact) mass is 485 g/mol. The van der Waals surface area contributed by atoms with Crippen molar-refractivity contribution in [1.29, 1.82) is 0 Å². The first-order chi connectivity index (χ1) is 16.5. The highest BCUT2D eigenvalue weighted by atomic mass is 35.5. The molecule has 1 aliphatic rings. The number of halogens is 1. The summed E-state index contributed by atoms with van der Waals surface area (Å²) < 4.78 is 21.7. The number of pyridine rings is 1. The van der Waals surface area contributed by atoms with Crippen molar-refractivity contribution < 1.29 is 28.5 Å². The Morgan fingerprint density at radius 1 is 1.09 bits per heavy atom. The molecule has 2 amide bonds. The molecule has 0 saturated heterocycles. The number of urea groups is 1. The minimum atomic E-state index is -0.549. The van der Waals surface area contributed by atoms with Crippen LogP contribution in [0.5, 0.6) is 17.2 Å². The van der Waals surface area contributed by atoms with Crippen LogP contribution in [0.3, 0.4) is 0 Å². The summed E-state index contributed by atoms with van der Waals surface area (Å²) in [5, 5.41) is 6.49. The SMILES string of the molecule is COCCOc1cc2nccc(Oc3ccc(NC(=O)NC4CC4)c(Cl)c3)c2cc1C(=O)OC. The van der Waals surface area contributed by atoms with Crippen molar-refractivity contribution in [2.45, 2.75) is 18.9 Å². The maximum Gasteiger partial charge on any atom is 0.341 e. The molecule has 0 spiro atoms. The molecule has 2 aromatic carbocycles. The molecule has 10 heteroatoms. The Hall–Kier alpha value is -3.56. The van der Waals surface area contributed by atoms with Gasteiger partial charge in [0.2, 0.25) is 0 Å². The third-order valence-corrected chi connectivity index (χ3v) is 5.40. The van der Waals surface area contributed by atoms with Crippen LogP contribution in [-0.4, -0.2) is 50.5 Å². The van der Waals surface area contributed by atoms with Crippen LogP contribution in [0.25, 0.3) is 10.9 Å². The molecule has 0 radical (unpaired) electrons. The third kappa shape index (κ3) is 5.67. The number of methoxy groups -OCH3 is 2. The smallest absolute Gasteiger partial charge is 0.341 e. The minimum Gasteiger partial charge on any atom is -0.490 e. The number of hydrogen-bond acceptors (Lipinski definition) is 7. The number of nitrogens with zero attached hydrogens (tertiary/aromatic N) is 1. The molecule has 0 aliphatic heterocycles. The van der Waals surface area contributed by atoms with E-state index in [4.69, 9.17) is 30.5 Å². The van der Waals surface area contributed by atoms with Gasteiger partial charge in [-0.25, -0.2) is 9.59 Å². The zero-order valence-corrected chi connectivity index (χ0v) is 19.5. The molecule has 178 valence electrons. The molecule has 2 N–H and O–H groups in total. The van der Waals surface area contributed by atoms with E-state index in [-0.39, 0.29) is 24.2 Å². The van der Waals surface area contributed by atoms with Crippen molar-refractivity contribution in [2.75, 3.05) is 32.8 Å². The minimum absolute atomic E-state index is 0.238. The molecule has 1 aromatic heterocycles. The van der Waals surface area contributed by atoms with E-state index in [0.717, 1.165) is 12.8 Å². The number of hydrogen-bond donors (Lipinski definition) is 2. The fourth-order valence-electron chi connectivity index (χ4n) is 3.22. The van der Waals surface area contributed by atoms with Crippen LogP contribution in [0.15, 0.2) is 42.6 Å². The van der Waals surface area contributed by atoms with E-state index < -0.39 is 5.97 Å². The number of nitrogens with one attached hydrogen (secondary N) is 2. The summed E-state index contributed by atoms with van der Waals surface area (Å²) in [6, 6.07) is 9.85. The molecular weight excluding hydrogens is 462 g/mol. The number of amides is 2. The quantitative estimate of drug-likeness (QED) is 0.332. The fourth-order valence-corrected chi connectivity index (χ4v) is 3.44. The van der Waals surface area contributed by atoms with Crippen LogP contribution < -0.4 is 20.1 Å². The number of fused-ring (bicyclic) bond motifs is 1. The van der Waals surface area contributed by atoms with Gasteiger partial charge in [-0.1, -0.05) is 11.6 Å². The zero-order valence-electron chi connectivity index (χ0n) is 18.7. The first-order valence-corrected chi connectivity index (χ1v) is 11.0. The molecule has 1 saturated carbocycles. The molecule has 0 unspecified atom stereocenters. The highest BCUT2D eigenvalue weighted by molar-refractivity contribution is 6.33. The zero-order chi connectivity index (χ0) is 24.1. The van der Waals surface area contributed by atoms with E-state index in [1.807, 2.05) is 0 Å². The van der Waals surface area contributed by atoms with Crippen LogP contribution in [0.1, 0.15) is 23.2 Å². The maximum absolute atomic E-state index is 12.4. The molecule has 1 heterocycles. The highest BCUT2D eigenvalue weighted by Crippen LogP contribution is 2.35. The van der Waals surface area contributed by atoms with E-state index in [2.05, 4.69) is 15.6 Å². The van der Waals surface area contributed by atoms with Crippen LogP contribution in [0.2, 0.25) is 5.02 Å². The molecule has 1 aliphatic carbocycles. The lowest BCUT2D eigenvalue weighted by molar-refractivity contribution is 0.0594. The molecular formula is C24H24ClN3O6. The van der Waals surface area contributed by atoms with Crippen molar-refractivity contribution in [3.63, 3.8) is 0 Å². The Bertz CT molecular complexity index is 1210. The average molecular weight is 486 g/mol. The van der Waals surface area contributed by atoms with Gasteiger partial charge in [-0.05, 0) is 37.1 Å². The largest absolute Gasteiger partial charge is 0.490 e. The van der Waals surface area contributed by atoms with Crippen LogP contribution >= 0.6 is 11.6 Å². The van der Waals surface area contributed by atoms with Crippen molar-refractivity contribution in [3.05, 3.63) is 53.2 Å². The number of ether oxygens (including phenoxy) is 4. The molecule has 0 bridgehead atoms. The van der Waals surface area contributed by atoms with Gasteiger partial charge in [0.05, 0.1) is 29.9 Å². The topological polar surface area (TPSA) is 108 Å². The van der Waals surface area contributed by atoms with Crippen molar-refractivity contribution in [2.24, 2.45) is 0 Å². The van der Waals surface area contributed by atoms with Crippen molar-refractivity contribution in [3.8, 4) is 17.2 Å². The Kier molecular flexibility index (Phi) is 7.34. The highest BCUT2D eigenvalue weighted by Gasteiger charge is 2.23. The summed E-state index contributed by atoms with van der Waals surface area (Å²) in [6.45, 7) is 0.628. The summed E-state index contributed by atoms with van der Waals surface area (Å²) in [6.07, 6.45) is 3.58. The van der Waals surface area contributed by atoms with E-state index >= 15 is 0 Å².